The van der Waals surface area contributed by atoms with Crippen LogP contribution in [-0.4, -0.2) is 24.5 Å². The molecule has 1 unspecified atom stereocenters. The Bertz CT molecular complexity index is 295. The molecule has 1 rings (SSSR count). The van der Waals surface area contributed by atoms with Crippen LogP contribution >= 0.6 is 0 Å². The van der Waals surface area contributed by atoms with Crippen LogP contribution in [0.1, 0.15) is 18.4 Å². The van der Waals surface area contributed by atoms with E-state index >= 15 is 0 Å². The zero-order chi connectivity index (χ0) is 10.6. The first-order valence-corrected chi connectivity index (χ1v) is 4.71. The summed E-state index contributed by atoms with van der Waals surface area (Å²) in [5.74, 6) is 0.512. The summed E-state index contributed by atoms with van der Waals surface area (Å²) >= 11 is 0. The third-order valence-corrected chi connectivity index (χ3v) is 2.33. The van der Waals surface area contributed by atoms with E-state index in [-0.39, 0.29) is 5.96 Å². The Morgan fingerprint density at radius 1 is 1.43 bits per heavy atom. The van der Waals surface area contributed by atoms with E-state index in [1.807, 2.05) is 25.2 Å². The second kappa shape index (κ2) is 4.65. The number of nitrogens with two attached hydrogens (primary N) is 1. The van der Waals surface area contributed by atoms with Crippen molar-refractivity contribution in [3.05, 3.63) is 35.9 Å². The summed E-state index contributed by atoms with van der Waals surface area (Å²) in [7, 11) is 1.84. The summed E-state index contributed by atoms with van der Waals surface area (Å²) in [5, 5.41) is 7.26. The molecule has 0 saturated heterocycles. The largest absolute Gasteiger partial charge is 0.370 e. The first-order valence-electron chi connectivity index (χ1n) is 4.71. The molecule has 0 saturated carbocycles. The van der Waals surface area contributed by atoms with Crippen molar-refractivity contribution < 1.29 is 0 Å². The van der Waals surface area contributed by atoms with Crippen LogP contribution in [0.15, 0.2) is 30.3 Å². The normalized spacial score (nSPS) is 12.1. The van der Waals surface area contributed by atoms with Gasteiger partial charge >= 0.3 is 0 Å². The van der Waals surface area contributed by atoms with Crippen molar-refractivity contribution in [3.63, 3.8) is 0 Å². The van der Waals surface area contributed by atoms with Gasteiger partial charge in [0.05, 0.1) is 0 Å². The van der Waals surface area contributed by atoms with Crippen LogP contribution in [0, 0.1) is 5.41 Å². The van der Waals surface area contributed by atoms with Gasteiger partial charge in [0, 0.05) is 13.6 Å². The number of hydrogen-bond donors (Lipinski definition) is 2. The maximum absolute atomic E-state index is 7.26. The summed E-state index contributed by atoms with van der Waals surface area (Å²) < 4.78 is 0. The lowest BCUT2D eigenvalue weighted by molar-refractivity contribution is 0.458. The molecule has 76 valence electrons. The van der Waals surface area contributed by atoms with E-state index in [9.17, 15) is 0 Å². The molecule has 3 nitrogen and oxygen atoms in total. The lowest BCUT2D eigenvalue weighted by Crippen LogP contribution is -2.35. The Kier molecular flexibility index (Phi) is 3.51. The monoisotopic (exact) mass is 191 g/mol. The van der Waals surface area contributed by atoms with E-state index in [0.29, 0.717) is 5.92 Å². The highest BCUT2D eigenvalue weighted by atomic mass is 15.2. The van der Waals surface area contributed by atoms with Crippen LogP contribution in [0.25, 0.3) is 0 Å². The first-order chi connectivity index (χ1) is 6.61. The molecule has 0 aromatic heterocycles. The van der Waals surface area contributed by atoms with Gasteiger partial charge < -0.3 is 10.6 Å². The number of nitrogens with zero attached hydrogens (tertiary/aromatic N) is 1. The minimum Gasteiger partial charge on any atom is -0.370 e. The second-order valence-corrected chi connectivity index (χ2v) is 3.58. The molecule has 1 aromatic carbocycles. The lowest BCUT2D eigenvalue weighted by atomic mass is 10.0. The molecule has 0 radical (unpaired) electrons. The topological polar surface area (TPSA) is 53.1 Å². The molecule has 0 heterocycles. The summed E-state index contributed by atoms with van der Waals surface area (Å²) in [5.41, 5.74) is 6.65. The quantitative estimate of drug-likeness (QED) is 0.563. The third-order valence-electron chi connectivity index (χ3n) is 2.33. The molecule has 0 aliphatic heterocycles. The number of benzene rings is 1. The SMILES string of the molecule is CC(CN(C)C(=N)N)c1ccccc1. The molecule has 0 spiro atoms. The van der Waals surface area contributed by atoms with E-state index in [1.165, 1.54) is 5.56 Å². The second-order valence-electron chi connectivity index (χ2n) is 3.58. The zero-order valence-electron chi connectivity index (χ0n) is 8.70. The van der Waals surface area contributed by atoms with Crippen molar-refractivity contribution in [2.45, 2.75) is 12.8 Å². The molecule has 0 bridgehead atoms. The predicted octanol–water partition coefficient (Wildman–Crippen LogP) is 1.62. The van der Waals surface area contributed by atoms with Crippen molar-refractivity contribution in [1.82, 2.24) is 4.90 Å². The van der Waals surface area contributed by atoms with Gasteiger partial charge in [-0.25, -0.2) is 0 Å². The van der Waals surface area contributed by atoms with Crippen LogP contribution in [0.3, 0.4) is 0 Å². The van der Waals surface area contributed by atoms with Gasteiger partial charge in [0.2, 0.25) is 0 Å². The average molecular weight is 191 g/mol. The van der Waals surface area contributed by atoms with Crippen LogP contribution in [0.5, 0.6) is 0 Å². The standard InChI is InChI=1S/C11H17N3/c1-9(8-14(2)11(12)13)10-6-4-3-5-7-10/h3-7,9H,8H2,1-2H3,(H3,12,13). The Balaban J connectivity index is 2.59. The number of nitrogens with one attached hydrogen (secondary N) is 1. The van der Waals surface area contributed by atoms with Crippen molar-refractivity contribution in [3.8, 4) is 0 Å². The lowest BCUT2D eigenvalue weighted by Gasteiger charge is -2.21. The van der Waals surface area contributed by atoms with E-state index in [2.05, 4.69) is 19.1 Å². The highest BCUT2D eigenvalue weighted by Crippen LogP contribution is 2.14. The van der Waals surface area contributed by atoms with Gasteiger partial charge in [-0.3, -0.25) is 5.41 Å². The van der Waals surface area contributed by atoms with Gasteiger partial charge in [0.25, 0.3) is 0 Å². The molecular weight excluding hydrogens is 174 g/mol. The molecule has 14 heavy (non-hydrogen) atoms. The highest BCUT2D eigenvalue weighted by molar-refractivity contribution is 5.74. The number of guanidine groups is 1. The maximum atomic E-state index is 7.26. The molecule has 0 fully saturated rings. The van der Waals surface area contributed by atoms with Gasteiger partial charge in [-0.15, -0.1) is 0 Å². The fourth-order valence-electron chi connectivity index (χ4n) is 1.40. The molecule has 3 heteroatoms. The zero-order valence-corrected chi connectivity index (χ0v) is 8.70. The van der Waals surface area contributed by atoms with E-state index in [1.54, 1.807) is 4.90 Å². The Hall–Kier alpha value is -1.51. The van der Waals surface area contributed by atoms with Crippen molar-refractivity contribution in [2.75, 3.05) is 13.6 Å². The van der Waals surface area contributed by atoms with Crippen LogP contribution < -0.4 is 5.73 Å². The summed E-state index contributed by atoms with van der Waals surface area (Å²) in [4.78, 5) is 1.75. The summed E-state index contributed by atoms with van der Waals surface area (Å²) in [6, 6.07) is 10.3. The molecule has 3 N–H and O–H groups in total. The van der Waals surface area contributed by atoms with Gasteiger partial charge in [0.1, 0.15) is 0 Å². The van der Waals surface area contributed by atoms with Gasteiger partial charge in [-0.2, -0.15) is 0 Å². The van der Waals surface area contributed by atoms with Crippen molar-refractivity contribution >= 4 is 5.96 Å². The number of hydrogen-bond acceptors (Lipinski definition) is 1. The van der Waals surface area contributed by atoms with E-state index in [4.69, 9.17) is 11.1 Å². The molecule has 1 aromatic rings. The molecule has 0 amide bonds. The molecule has 1 atom stereocenters. The summed E-state index contributed by atoms with van der Waals surface area (Å²) in [6.07, 6.45) is 0. The highest BCUT2D eigenvalue weighted by Gasteiger charge is 2.08. The Morgan fingerprint density at radius 3 is 2.50 bits per heavy atom. The minimum atomic E-state index is 0.118. The minimum absolute atomic E-state index is 0.118. The summed E-state index contributed by atoms with van der Waals surface area (Å²) in [6.45, 7) is 2.91. The number of likely N-dealkylation sites (N-methyl/N-ethyl adjacent to an activating group) is 1. The fourth-order valence-corrected chi connectivity index (χ4v) is 1.40. The smallest absolute Gasteiger partial charge is 0.188 e. The fraction of sp³-hybridized carbons (Fsp3) is 0.364. The Morgan fingerprint density at radius 2 is 2.00 bits per heavy atom. The van der Waals surface area contributed by atoms with Crippen LogP contribution in [-0.2, 0) is 0 Å². The predicted molar refractivity (Wildman–Crippen MR) is 59.4 cm³/mol. The Labute approximate surface area is 85.0 Å². The van der Waals surface area contributed by atoms with Gasteiger partial charge in [-0.1, -0.05) is 37.3 Å². The number of rotatable bonds is 3. The van der Waals surface area contributed by atoms with Crippen molar-refractivity contribution in [1.29, 1.82) is 5.41 Å². The van der Waals surface area contributed by atoms with Crippen LogP contribution in [0.2, 0.25) is 0 Å². The van der Waals surface area contributed by atoms with E-state index < -0.39 is 0 Å². The molecule has 0 aliphatic rings. The third kappa shape index (κ3) is 2.76. The van der Waals surface area contributed by atoms with Gasteiger partial charge in [-0.05, 0) is 11.5 Å². The first kappa shape index (κ1) is 10.6. The average Bonchev–Trinajstić information content (AvgIpc) is 2.19. The molecular formula is C11H17N3. The van der Waals surface area contributed by atoms with Gasteiger partial charge in [0.15, 0.2) is 5.96 Å². The van der Waals surface area contributed by atoms with Crippen LogP contribution in [0.4, 0.5) is 0 Å². The molecule has 0 aliphatic carbocycles. The van der Waals surface area contributed by atoms with Crippen molar-refractivity contribution in [2.24, 2.45) is 5.73 Å². The maximum Gasteiger partial charge on any atom is 0.188 e. The van der Waals surface area contributed by atoms with E-state index in [0.717, 1.165) is 6.54 Å².